The second-order valence-corrected chi connectivity index (χ2v) is 12.2. The molecule has 0 N–H and O–H groups in total. The minimum atomic E-state index is 0.276. The molecule has 7 rings (SSSR count). The molecule has 0 saturated heterocycles. The fourth-order valence-electron chi connectivity index (χ4n) is 6.32. The molecule has 1 saturated carbocycles. The molecule has 0 radical (unpaired) electrons. The Hall–Kier alpha value is -3.91. The highest BCUT2D eigenvalue weighted by atomic mass is 16.3. The highest BCUT2D eigenvalue weighted by Crippen LogP contribution is 2.46. The third-order valence-electron chi connectivity index (χ3n) is 9.05. The van der Waals surface area contributed by atoms with Gasteiger partial charge in [0.25, 0.3) is 0 Å². The molecule has 2 heterocycles. The van der Waals surface area contributed by atoms with E-state index in [0.717, 1.165) is 38.6 Å². The molecule has 1 aliphatic carbocycles. The van der Waals surface area contributed by atoms with Gasteiger partial charge in [-0.25, -0.2) is 0 Å². The van der Waals surface area contributed by atoms with Gasteiger partial charge in [-0.1, -0.05) is 87.5 Å². The lowest BCUT2D eigenvalue weighted by Crippen LogP contribution is -2.32. The lowest BCUT2D eigenvalue weighted by atomic mass is 9.63. The van der Waals surface area contributed by atoms with Crippen molar-refractivity contribution in [1.29, 1.82) is 0 Å². The molecule has 188 valence electrons. The first-order valence-corrected chi connectivity index (χ1v) is 13.8. The Kier molecular flexibility index (Phi) is 5.23. The van der Waals surface area contributed by atoms with Crippen LogP contribution < -0.4 is 0 Å². The second-order valence-electron chi connectivity index (χ2n) is 12.2. The Labute approximate surface area is 224 Å². The average molecular weight is 496 g/mol. The molecule has 6 aromatic rings. The molecular weight excluding hydrogens is 462 g/mol. The molecule has 38 heavy (non-hydrogen) atoms. The van der Waals surface area contributed by atoms with Crippen molar-refractivity contribution in [2.75, 3.05) is 0 Å². The van der Waals surface area contributed by atoms with E-state index in [9.17, 15) is 0 Å². The van der Waals surface area contributed by atoms with E-state index < -0.39 is 0 Å². The molecule has 0 unspecified atom stereocenters. The van der Waals surface area contributed by atoms with Gasteiger partial charge in [0.2, 0.25) is 0 Å². The van der Waals surface area contributed by atoms with Gasteiger partial charge in [0.15, 0.2) is 0 Å². The lowest BCUT2D eigenvalue weighted by molar-refractivity contribution is 0.173. The van der Waals surface area contributed by atoms with Crippen molar-refractivity contribution < 1.29 is 4.42 Å². The summed E-state index contributed by atoms with van der Waals surface area (Å²) in [7, 11) is 0. The predicted octanol–water partition coefficient (Wildman–Crippen LogP) is 10.3. The van der Waals surface area contributed by atoms with Crippen LogP contribution in [0.25, 0.3) is 55.1 Å². The van der Waals surface area contributed by atoms with Crippen LogP contribution in [-0.4, -0.2) is 4.98 Å². The SMILES string of the molecule is CC1(C)CCC(C)(c2ccc(-c3ccnc(-c4cccc5c4oc4c6ccccc6ccc54)c3)cc2)CC1. The minimum Gasteiger partial charge on any atom is -0.455 e. The van der Waals surface area contributed by atoms with Crippen molar-refractivity contribution in [2.45, 2.75) is 51.9 Å². The minimum absolute atomic E-state index is 0.276. The number of pyridine rings is 1. The van der Waals surface area contributed by atoms with Crippen molar-refractivity contribution in [2.24, 2.45) is 5.41 Å². The van der Waals surface area contributed by atoms with Crippen LogP contribution in [0.1, 0.15) is 52.0 Å². The smallest absolute Gasteiger partial charge is 0.144 e. The second kappa shape index (κ2) is 8.56. The van der Waals surface area contributed by atoms with Crippen LogP contribution in [0.2, 0.25) is 0 Å². The van der Waals surface area contributed by atoms with E-state index in [0.29, 0.717) is 5.41 Å². The number of nitrogens with zero attached hydrogens (tertiary/aromatic N) is 1. The van der Waals surface area contributed by atoms with Gasteiger partial charge in [0.05, 0.1) is 5.69 Å². The molecule has 0 aliphatic heterocycles. The Bertz CT molecular complexity index is 1800. The summed E-state index contributed by atoms with van der Waals surface area (Å²) in [6.07, 6.45) is 7.02. The van der Waals surface area contributed by atoms with E-state index in [-0.39, 0.29) is 5.41 Å². The summed E-state index contributed by atoms with van der Waals surface area (Å²) in [6.45, 7) is 7.26. The lowest BCUT2D eigenvalue weighted by Gasteiger charge is -2.42. The van der Waals surface area contributed by atoms with Gasteiger partial charge in [-0.05, 0) is 82.9 Å². The standard InChI is InChI=1S/C36H33NO/c1-35(2)18-20-36(3,21-19-35)27-14-11-24(12-15-27)26-17-22-37-32(23-26)31-10-6-9-29-30-16-13-25-7-4-5-8-28(25)33(30)38-34(29)31/h4-17,22-23H,18-21H2,1-3H3. The summed E-state index contributed by atoms with van der Waals surface area (Å²) in [5, 5.41) is 4.61. The van der Waals surface area contributed by atoms with E-state index in [2.05, 4.69) is 112 Å². The van der Waals surface area contributed by atoms with Crippen molar-refractivity contribution in [3.8, 4) is 22.4 Å². The number of aromatic nitrogens is 1. The number of rotatable bonds is 3. The third-order valence-corrected chi connectivity index (χ3v) is 9.05. The summed E-state index contributed by atoms with van der Waals surface area (Å²) in [6, 6.07) is 32.7. The number of furan rings is 1. The Balaban J connectivity index is 1.26. The first-order valence-electron chi connectivity index (χ1n) is 13.8. The molecular formula is C36H33NO. The first kappa shape index (κ1) is 23.2. The topological polar surface area (TPSA) is 26.0 Å². The Morgan fingerprint density at radius 2 is 1.37 bits per heavy atom. The molecule has 0 atom stereocenters. The van der Waals surface area contributed by atoms with Gasteiger partial charge < -0.3 is 4.42 Å². The van der Waals surface area contributed by atoms with E-state index >= 15 is 0 Å². The first-order chi connectivity index (χ1) is 18.4. The Morgan fingerprint density at radius 1 is 0.632 bits per heavy atom. The maximum Gasteiger partial charge on any atom is 0.144 e. The third kappa shape index (κ3) is 3.82. The maximum absolute atomic E-state index is 6.57. The zero-order chi connectivity index (χ0) is 25.9. The van der Waals surface area contributed by atoms with Gasteiger partial charge in [-0.15, -0.1) is 0 Å². The zero-order valence-electron chi connectivity index (χ0n) is 22.4. The van der Waals surface area contributed by atoms with Crippen molar-refractivity contribution in [1.82, 2.24) is 4.98 Å². The molecule has 4 aromatic carbocycles. The number of hydrogen-bond acceptors (Lipinski definition) is 2. The van der Waals surface area contributed by atoms with Crippen molar-refractivity contribution >= 4 is 32.7 Å². The fourth-order valence-corrected chi connectivity index (χ4v) is 6.32. The fraction of sp³-hybridized carbons (Fsp3) is 0.250. The molecule has 1 aliphatic rings. The van der Waals surface area contributed by atoms with Gasteiger partial charge >= 0.3 is 0 Å². The van der Waals surface area contributed by atoms with Crippen LogP contribution in [0.15, 0.2) is 102 Å². The average Bonchev–Trinajstić information content (AvgIpc) is 3.34. The number of para-hydroxylation sites is 1. The molecule has 2 nitrogen and oxygen atoms in total. The number of benzene rings is 4. The molecule has 0 bridgehead atoms. The van der Waals surface area contributed by atoms with E-state index in [1.807, 2.05) is 6.20 Å². The van der Waals surface area contributed by atoms with Gasteiger partial charge in [-0.2, -0.15) is 0 Å². The summed E-state index contributed by atoms with van der Waals surface area (Å²) >= 11 is 0. The normalized spacial score (nSPS) is 16.8. The highest BCUT2D eigenvalue weighted by molar-refractivity contribution is 6.17. The van der Waals surface area contributed by atoms with Gasteiger partial charge in [0.1, 0.15) is 11.2 Å². The predicted molar refractivity (Wildman–Crippen MR) is 159 cm³/mol. The van der Waals surface area contributed by atoms with Crippen molar-refractivity contribution in [3.63, 3.8) is 0 Å². The van der Waals surface area contributed by atoms with Crippen LogP contribution in [0.3, 0.4) is 0 Å². The maximum atomic E-state index is 6.57. The summed E-state index contributed by atoms with van der Waals surface area (Å²) in [5.74, 6) is 0. The quantitative estimate of drug-likeness (QED) is 0.244. The molecule has 1 fully saturated rings. The van der Waals surface area contributed by atoms with Crippen LogP contribution >= 0.6 is 0 Å². The summed E-state index contributed by atoms with van der Waals surface area (Å²) in [5.41, 5.74) is 8.41. The van der Waals surface area contributed by atoms with Crippen LogP contribution in [-0.2, 0) is 5.41 Å². The van der Waals surface area contributed by atoms with Crippen molar-refractivity contribution in [3.05, 3.63) is 103 Å². The van der Waals surface area contributed by atoms with E-state index in [1.165, 1.54) is 47.8 Å². The van der Waals surface area contributed by atoms with Crippen LogP contribution in [0.4, 0.5) is 0 Å². The zero-order valence-corrected chi connectivity index (χ0v) is 22.4. The summed E-state index contributed by atoms with van der Waals surface area (Å²) in [4.78, 5) is 4.77. The summed E-state index contributed by atoms with van der Waals surface area (Å²) < 4.78 is 6.57. The molecule has 0 spiro atoms. The van der Waals surface area contributed by atoms with Crippen LogP contribution in [0, 0.1) is 5.41 Å². The largest absolute Gasteiger partial charge is 0.455 e. The molecule has 0 amide bonds. The highest BCUT2D eigenvalue weighted by Gasteiger charge is 2.35. The van der Waals surface area contributed by atoms with Gasteiger partial charge in [0, 0.05) is 27.9 Å². The Morgan fingerprint density at radius 3 is 2.18 bits per heavy atom. The van der Waals surface area contributed by atoms with E-state index in [4.69, 9.17) is 9.40 Å². The molecule has 2 heteroatoms. The van der Waals surface area contributed by atoms with E-state index in [1.54, 1.807) is 0 Å². The number of fused-ring (bicyclic) bond motifs is 5. The van der Waals surface area contributed by atoms with Crippen LogP contribution in [0.5, 0.6) is 0 Å². The monoisotopic (exact) mass is 495 g/mol. The number of hydrogen-bond donors (Lipinski definition) is 0. The van der Waals surface area contributed by atoms with Gasteiger partial charge in [-0.3, -0.25) is 4.98 Å². The molecule has 2 aromatic heterocycles.